The molecule has 0 fully saturated rings. The molecular weight excluding hydrogens is 211 g/mol. The first kappa shape index (κ1) is 8.68. The van der Waals surface area contributed by atoms with E-state index in [0.717, 1.165) is 0 Å². The van der Waals surface area contributed by atoms with E-state index >= 15 is 0 Å². The van der Waals surface area contributed by atoms with Crippen LogP contribution in [0.2, 0.25) is 0 Å². The summed E-state index contributed by atoms with van der Waals surface area (Å²) in [6.45, 7) is 1.60. The van der Waals surface area contributed by atoms with Crippen LogP contribution < -0.4 is 0 Å². The summed E-state index contributed by atoms with van der Waals surface area (Å²) < 4.78 is 13.2. The van der Waals surface area contributed by atoms with E-state index in [4.69, 9.17) is 5.11 Å². The summed E-state index contributed by atoms with van der Waals surface area (Å²) in [6, 6.07) is 4.57. The number of halogens is 2. The Morgan fingerprint density at radius 1 is 1.55 bits per heavy atom. The molecular formula is C8H8BrFO. The van der Waals surface area contributed by atoms with Crippen molar-refractivity contribution in [1.29, 1.82) is 0 Å². The lowest BCUT2D eigenvalue weighted by Crippen LogP contribution is -1.91. The summed E-state index contributed by atoms with van der Waals surface area (Å²) in [5.41, 5.74) is 0.589. The second-order valence-corrected chi connectivity index (χ2v) is 3.20. The summed E-state index contributed by atoms with van der Waals surface area (Å²) in [4.78, 5) is 0. The highest BCUT2D eigenvalue weighted by Crippen LogP contribution is 2.19. The Morgan fingerprint density at radius 2 is 2.18 bits per heavy atom. The minimum absolute atomic E-state index is 0.344. The van der Waals surface area contributed by atoms with Gasteiger partial charge in [-0.15, -0.1) is 0 Å². The molecule has 11 heavy (non-hydrogen) atoms. The fraction of sp³-hybridized carbons (Fsp3) is 0.250. The largest absolute Gasteiger partial charge is 0.389 e. The van der Waals surface area contributed by atoms with Crippen molar-refractivity contribution >= 4 is 15.9 Å². The minimum atomic E-state index is -0.613. The fourth-order valence-corrected chi connectivity index (χ4v) is 1.02. The number of hydrogen-bond donors (Lipinski definition) is 1. The predicted molar refractivity (Wildman–Crippen MR) is 44.7 cm³/mol. The summed E-state index contributed by atoms with van der Waals surface area (Å²) in [5.74, 6) is -0.344. The van der Waals surface area contributed by atoms with Crippen LogP contribution in [0.4, 0.5) is 4.39 Å². The van der Waals surface area contributed by atoms with Crippen LogP contribution in [-0.4, -0.2) is 5.11 Å². The van der Waals surface area contributed by atoms with Crippen LogP contribution >= 0.6 is 15.9 Å². The number of benzene rings is 1. The van der Waals surface area contributed by atoms with Crippen molar-refractivity contribution in [3.05, 3.63) is 34.1 Å². The zero-order valence-electron chi connectivity index (χ0n) is 6.01. The third kappa shape index (κ3) is 2.01. The van der Waals surface area contributed by atoms with Crippen LogP contribution in [0.5, 0.6) is 0 Å². The molecule has 1 atom stereocenters. The molecule has 0 aliphatic heterocycles. The van der Waals surface area contributed by atoms with Crippen molar-refractivity contribution in [2.45, 2.75) is 13.0 Å². The Morgan fingerprint density at radius 3 is 2.64 bits per heavy atom. The Bertz CT molecular complexity index is 260. The monoisotopic (exact) mass is 218 g/mol. The second kappa shape index (κ2) is 3.32. The first-order valence-electron chi connectivity index (χ1n) is 3.24. The first-order valence-corrected chi connectivity index (χ1v) is 4.03. The summed E-state index contributed by atoms with van der Waals surface area (Å²) in [6.07, 6.45) is -0.613. The Labute approximate surface area is 73.0 Å². The minimum Gasteiger partial charge on any atom is -0.389 e. The number of hydrogen-bond acceptors (Lipinski definition) is 1. The van der Waals surface area contributed by atoms with Crippen LogP contribution in [0.1, 0.15) is 18.6 Å². The number of aliphatic hydroxyl groups excluding tert-OH is 1. The molecule has 1 rings (SSSR count). The van der Waals surface area contributed by atoms with Gasteiger partial charge in [-0.3, -0.25) is 0 Å². The van der Waals surface area contributed by atoms with E-state index in [1.165, 1.54) is 6.07 Å². The van der Waals surface area contributed by atoms with E-state index in [9.17, 15) is 4.39 Å². The van der Waals surface area contributed by atoms with E-state index in [0.29, 0.717) is 10.0 Å². The van der Waals surface area contributed by atoms with Crippen molar-refractivity contribution < 1.29 is 9.50 Å². The highest BCUT2D eigenvalue weighted by molar-refractivity contribution is 9.10. The first-order chi connectivity index (χ1) is 5.11. The van der Waals surface area contributed by atoms with Crippen molar-refractivity contribution in [3.8, 4) is 0 Å². The molecule has 0 heterocycles. The number of rotatable bonds is 1. The second-order valence-electron chi connectivity index (χ2n) is 2.35. The predicted octanol–water partition coefficient (Wildman–Crippen LogP) is 2.64. The van der Waals surface area contributed by atoms with Gasteiger partial charge in [0.1, 0.15) is 5.82 Å². The topological polar surface area (TPSA) is 20.2 Å². The number of aliphatic hydroxyl groups is 1. The third-order valence-electron chi connectivity index (χ3n) is 1.43. The molecule has 0 aliphatic rings. The zero-order chi connectivity index (χ0) is 8.43. The molecule has 0 aromatic heterocycles. The summed E-state index contributed by atoms with van der Waals surface area (Å²) >= 11 is 3.02. The Balaban J connectivity index is 3.05. The molecule has 0 amide bonds. The maximum atomic E-state index is 12.8. The average molecular weight is 219 g/mol. The van der Waals surface area contributed by atoms with Crippen LogP contribution in [0.25, 0.3) is 0 Å². The molecule has 1 nitrogen and oxygen atoms in total. The zero-order valence-corrected chi connectivity index (χ0v) is 7.60. The molecule has 0 saturated heterocycles. The maximum absolute atomic E-state index is 12.8. The van der Waals surface area contributed by atoms with Gasteiger partial charge in [0.05, 0.1) is 10.6 Å². The highest BCUT2D eigenvalue weighted by Gasteiger charge is 2.03. The molecule has 0 spiro atoms. The Hall–Kier alpha value is -0.410. The normalized spacial score (nSPS) is 13.1. The molecule has 1 aromatic carbocycles. The van der Waals surface area contributed by atoms with Crippen molar-refractivity contribution in [1.82, 2.24) is 0 Å². The van der Waals surface area contributed by atoms with Crippen molar-refractivity contribution in [2.24, 2.45) is 0 Å². The van der Waals surface area contributed by atoms with Crippen molar-refractivity contribution in [3.63, 3.8) is 0 Å². The summed E-state index contributed by atoms with van der Waals surface area (Å²) in [5, 5.41) is 9.06. The molecule has 3 heteroatoms. The van der Waals surface area contributed by atoms with Gasteiger partial charge < -0.3 is 5.11 Å². The van der Waals surface area contributed by atoms with Crippen LogP contribution in [0.3, 0.4) is 0 Å². The smallest absolute Gasteiger partial charge is 0.137 e. The van der Waals surface area contributed by atoms with Gasteiger partial charge in [-0.1, -0.05) is 6.07 Å². The average Bonchev–Trinajstić information content (AvgIpc) is 1.94. The molecule has 0 bridgehead atoms. The van der Waals surface area contributed by atoms with E-state index in [-0.39, 0.29) is 5.82 Å². The maximum Gasteiger partial charge on any atom is 0.137 e. The van der Waals surface area contributed by atoms with Gasteiger partial charge in [-0.25, -0.2) is 4.39 Å². The van der Waals surface area contributed by atoms with Crippen LogP contribution in [-0.2, 0) is 0 Å². The van der Waals surface area contributed by atoms with Gasteiger partial charge in [0.2, 0.25) is 0 Å². The van der Waals surface area contributed by atoms with E-state index in [1.807, 2.05) is 0 Å². The van der Waals surface area contributed by atoms with Crippen LogP contribution in [0, 0.1) is 5.82 Å². The molecule has 60 valence electrons. The lowest BCUT2D eigenvalue weighted by atomic mass is 10.1. The SMILES string of the molecule is CC(O)c1ccc(Br)c(F)c1. The molecule has 0 aliphatic carbocycles. The van der Waals surface area contributed by atoms with Gasteiger partial charge in [0.15, 0.2) is 0 Å². The van der Waals surface area contributed by atoms with Crippen molar-refractivity contribution in [2.75, 3.05) is 0 Å². The lowest BCUT2D eigenvalue weighted by molar-refractivity contribution is 0.199. The van der Waals surface area contributed by atoms with E-state index in [1.54, 1.807) is 19.1 Å². The van der Waals surface area contributed by atoms with E-state index in [2.05, 4.69) is 15.9 Å². The molecule has 1 N–H and O–H groups in total. The molecule has 1 aromatic rings. The lowest BCUT2D eigenvalue weighted by Gasteiger charge is -2.04. The highest BCUT2D eigenvalue weighted by atomic mass is 79.9. The van der Waals surface area contributed by atoms with Gasteiger partial charge in [-0.2, -0.15) is 0 Å². The molecule has 1 unspecified atom stereocenters. The van der Waals surface area contributed by atoms with Gasteiger partial charge in [-0.05, 0) is 40.5 Å². The molecule has 0 radical (unpaired) electrons. The van der Waals surface area contributed by atoms with E-state index < -0.39 is 6.10 Å². The standard InChI is InChI=1S/C8H8BrFO/c1-5(11)6-2-3-7(9)8(10)4-6/h2-5,11H,1H3. The van der Waals surface area contributed by atoms with Gasteiger partial charge in [0, 0.05) is 0 Å². The van der Waals surface area contributed by atoms with Crippen LogP contribution in [0.15, 0.2) is 22.7 Å². The Kier molecular flexibility index (Phi) is 2.62. The quantitative estimate of drug-likeness (QED) is 0.769. The van der Waals surface area contributed by atoms with Gasteiger partial charge >= 0.3 is 0 Å². The third-order valence-corrected chi connectivity index (χ3v) is 2.07. The molecule has 0 saturated carbocycles. The summed E-state index contributed by atoms with van der Waals surface area (Å²) in [7, 11) is 0. The fourth-order valence-electron chi connectivity index (χ4n) is 0.772. The van der Waals surface area contributed by atoms with Gasteiger partial charge in [0.25, 0.3) is 0 Å².